The Kier molecular flexibility index (Phi) is 10.9. The monoisotopic (exact) mass is 591 g/mol. The van der Waals surface area contributed by atoms with Gasteiger partial charge in [0, 0.05) is 37.1 Å². The lowest BCUT2D eigenvalue weighted by Gasteiger charge is -2.21. The molecule has 0 bridgehead atoms. The molecule has 2 N–H and O–H groups in total. The molecule has 1 aliphatic heterocycles. The molecule has 0 spiro atoms. The minimum atomic E-state index is -0.945. The third-order valence-corrected chi connectivity index (χ3v) is 7.09. The van der Waals surface area contributed by atoms with E-state index in [-0.39, 0.29) is 38.4 Å². The van der Waals surface area contributed by atoms with E-state index < -0.39 is 11.9 Å². The molecule has 43 heavy (non-hydrogen) atoms. The molecule has 4 rings (SSSR count). The van der Waals surface area contributed by atoms with Gasteiger partial charge in [0.05, 0.1) is 6.61 Å². The van der Waals surface area contributed by atoms with Crippen LogP contribution in [-0.2, 0) is 22.6 Å². The molecule has 0 atom stereocenters. The minimum Gasteiger partial charge on any atom is -0.493 e. The molecule has 0 aliphatic carbocycles. The first-order chi connectivity index (χ1) is 20.8. The van der Waals surface area contributed by atoms with Crippen LogP contribution in [-0.4, -0.2) is 65.9 Å². The van der Waals surface area contributed by atoms with Crippen LogP contribution in [0, 0.1) is 0 Å². The largest absolute Gasteiger partial charge is 0.493 e. The molecule has 1 aliphatic rings. The topological polar surface area (TPSA) is 132 Å². The van der Waals surface area contributed by atoms with E-state index in [0.29, 0.717) is 66.8 Å². The fraction of sp³-hybridized carbons (Fsp3) is 0.364. The number of carboxylic acid groups (broad SMARTS) is 2. The Balaban J connectivity index is 1.64. The van der Waals surface area contributed by atoms with Gasteiger partial charge >= 0.3 is 11.9 Å². The van der Waals surface area contributed by atoms with Crippen LogP contribution in [0.4, 0.5) is 0 Å². The zero-order chi connectivity index (χ0) is 30.8. The molecule has 0 saturated carbocycles. The van der Waals surface area contributed by atoms with Crippen LogP contribution in [0.15, 0.2) is 54.6 Å². The van der Waals surface area contributed by atoms with Crippen LogP contribution in [0.2, 0.25) is 0 Å². The van der Waals surface area contributed by atoms with E-state index in [1.165, 1.54) is 0 Å². The van der Waals surface area contributed by atoms with Gasteiger partial charge in [-0.3, -0.25) is 14.4 Å². The first kappa shape index (κ1) is 31.2. The lowest BCUT2D eigenvalue weighted by Crippen LogP contribution is -2.30. The van der Waals surface area contributed by atoms with Crippen LogP contribution < -0.4 is 18.9 Å². The van der Waals surface area contributed by atoms with Crippen molar-refractivity contribution in [3.63, 3.8) is 0 Å². The summed E-state index contributed by atoms with van der Waals surface area (Å²) in [6.45, 7) is 6.21. The molecule has 228 valence electrons. The van der Waals surface area contributed by atoms with Gasteiger partial charge in [-0.2, -0.15) is 0 Å². The van der Waals surface area contributed by atoms with E-state index in [9.17, 15) is 19.5 Å². The quantitative estimate of drug-likeness (QED) is 0.222. The number of benzene rings is 3. The Labute approximate surface area is 250 Å². The van der Waals surface area contributed by atoms with Gasteiger partial charge in [0.1, 0.15) is 31.3 Å². The third kappa shape index (κ3) is 8.41. The highest BCUT2D eigenvalue weighted by atomic mass is 16.6. The molecule has 0 unspecified atom stereocenters. The van der Waals surface area contributed by atoms with Crippen molar-refractivity contribution in [2.24, 2.45) is 0 Å². The lowest BCUT2D eigenvalue weighted by atomic mass is 10.0. The number of hydrogen-bond acceptors (Lipinski definition) is 7. The Bertz CT molecular complexity index is 1450. The first-order valence-electron chi connectivity index (χ1n) is 14.4. The summed E-state index contributed by atoms with van der Waals surface area (Å²) in [5.41, 5.74) is 3.50. The van der Waals surface area contributed by atoms with E-state index >= 15 is 0 Å². The number of ether oxygens (including phenoxy) is 4. The Morgan fingerprint density at radius 2 is 1.58 bits per heavy atom. The molecule has 10 heteroatoms. The molecule has 1 heterocycles. The molecule has 1 amide bonds. The van der Waals surface area contributed by atoms with Crippen LogP contribution in [0.25, 0.3) is 11.1 Å². The highest BCUT2D eigenvalue weighted by molar-refractivity contribution is 5.96. The zero-order valence-corrected chi connectivity index (χ0v) is 24.5. The summed E-state index contributed by atoms with van der Waals surface area (Å²) < 4.78 is 23.5. The van der Waals surface area contributed by atoms with Crippen molar-refractivity contribution in [2.75, 3.05) is 32.9 Å². The standard InChI is InChI=1S/C33H37NO9/c1-3-34(4-2)33(39)25-17-24(22-10-12-29-30(20-22)42-16-15-41-29)18-26(19-25)43-21-23-7-5-8-28(27(23)11-13-32(37)38)40-14-6-9-31(35)36/h5,7-8,10,12,17-20H,3-4,6,9,11,13-16,21H2,1-2H3,(H,35,36)(H,37,38). The van der Waals surface area contributed by atoms with Crippen molar-refractivity contribution in [2.45, 2.75) is 46.1 Å². The molecule has 3 aromatic carbocycles. The van der Waals surface area contributed by atoms with Crippen molar-refractivity contribution >= 4 is 17.8 Å². The third-order valence-electron chi connectivity index (χ3n) is 7.09. The van der Waals surface area contributed by atoms with E-state index in [0.717, 1.165) is 16.7 Å². The summed E-state index contributed by atoms with van der Waals surface area (Å²) in [5.74, 6) is 0.298. The van der Waals surface area contributed by atoms with Crippen molar-refractivity contribution in [3.8, 4) is 34.1 Å². The summed E-state index contributed by atoms with van der Waals surface area (Å²) in [7, 11) is 0. The first-order valence-corrected chi connectivity index (χ1v) is 14.4. The Morgan fingerprint density at radius 3 is 2.30 bits per heavy atom. The molecule has 3 aromatic rings. The summed E-state index contributed by atoms with van der Waals surface area (Å²) in [6, 6.07) is 16.4. The number of rotatable bonds is 15. The second-order valence-corrected chi connectivity index (χ2v) is 10.0. The van der Waals surface area contributed by atoms with Crippen molar-refractivity contribution in [1.29, 1.82) is 0 Å². The van der Waals surface area contributed by atoms with Crippen LogP contribution in [0.1, 0.15) is 54.6 Å². The van der Waals surface area contributed by atoms with Crippen LogP contribution in [0.3, 0.4) is 0 Å². The summed E-state index contributed by atoms with van der Waals surface area (Å²) in [5, 5.41) is 18.2. The van der Waals surface area contributed by atoms with Gasteiger partial charge in [-0.1, -0.05) is 18.2 Å². The molecule has 0 aromatic heterocycles. The van der Waals surface area contributed by atoms with Crippen molar-refractivity contribution in [1.82, 2.24) is 4.90 Å². The van der Waals surface area contributed by atoms with Gasteiger partial charge in [-0.05, 0) is 79.8 Å². The summed E-state index contributed by atoms with van der Waals surface area (Å²) >= 11 is 0. The maximum atomic E-state index is 13.4. The number of amides is 1. The van der Waals surface area contributed by atoms with Crippen molar-refractivity contribution in [3.05, 3.63) is 71.3 Å². The lowest BCUT2D eigenvalue weighted by molar-refractivity contribution is -0.138. The minimum absolute atomic E-state index is 0.0263. The molecule has 10 nitrogen and oxygen atoms in total. The van der Waals surface area contributed by atoms with Crippen LogP contribution in [0.5, 0.6) is 23.0 Å². The van der Waals surface area contributed by atoms with E-state index in [1.807, 2.05) is 50.2 Å². The Morgan fingerprint density at radius 1 is 0.837 bits per heavy atom. The normalized spacial score (nSPS) is 12.0. The average molecular weight is 592 g/mol. The number of nitrogens with zero attached hydrogens (tertiary/aromatic N) is 1. The van der Waals surface area contributed by atoms with Crippen molar-refractivity contribution < 1.29 is 43.5 Å². The maximum Gasteiger partial charge on any atom is 0.303 e. The zero-order valence-electron chi connectivity index (χ0n) is 24.5. The fourth-order valence-electron chi connectivity index (χ4n) is 4.85. The smallest absolute Gasteiger partial charge is 0.303 e. The summed E-state index contributed by atoms with van der Waals surface area (Å²) in [4.78, 5) is 37.4. The second kappa shape index (κ2) is 14.9. The number of carbonyl (C=O) groups is 3. The predicted molar refractivity (Wildman–Crippen MR) is 159 cm³/mol. The SMILES string of the molecule is CCN(CC)C(=O)c1cc(OCc2cccc(OCCCC(=O)O)c2CCC(=O)O)cc(-c2ccc3c(c2)OCCO3)c1. The Hall–Kier alpha value is -4.73. The van der Waals surface area contributed by atoms with E-state index in [2.05, 4.69) is 0 Å². The average Bonchev–Trinajstić information content (AvgIpc) is 3.01. The molecule has 0 saturated heterocycles. The number of carboxylic acids is 2. The predicted octanol–water partition coefficient (Wildman–Crippen LogP) is 5.45. The van der Waals surface area contributed by atoms with Crippen LogP contribution >= 0.6 is 0 Å². The maximum absolute atomic E-state index is 13.4. The van der Waals surface area contributed by atoms with Gasteiger partial charge in [-0.25, -0.2) is 0 Å². The number of fused-ring (bicyclic) bond motifs is 1. The highest BCUT2D eigenvalue weighted by Crippen LogP contribution is 2.36. The van der Waals surface area contributed by atoms with E-state index in [4.69, 9.17) is 24.1 Å². The van der Waals surface area contributed by atoms with Gasteiger partial charge in [-0.15, -0.1) is 0 Å². The molecular weight excluding hydrogens is 554 g/mol. The van der Waals surface area contributed by atoms with Gasteiger partial charge in [0.2, 0.25) is 0 Å². The van der Waals surface area contributed by atoms with E-state index in [1.54, 1.807) is 23.1 Å². The second-order valence-electron chi connectivity index (χ2n) is 10.0. The number of hydrogen-bond donors (Lipinski definition) is 2. The van der Waals surface area contributed by atoms with Gasteiger partial charge in [0.25, 0.3) is 5.91 Å². The number of aliphatic carboxylic acids is 2. The highest BCUT2D eigenvalue weighted by Gasteiger charge is 2.19. The fourth-order valence-corrected chi connectivity index (χ4v) is 4.85. The summed E-state index contributed by atoms with van der Waals surface area (Å²) in [6.07, 6.45) is 0.405. The molecule has 0 fully saturated rings. The molecular formula is C33H37NO9. The molecule has 0 radical (unpaired) electrons. The van der Waals surface area contributed by atoms with Gasteiger partial charge in [0.15, 0.2) is 11.5 Å². The number of carbonyl (C=O) groups excluding carboxylic acids is 1. The van der Waals surface area contributed by atoms with Gasteiger partial charge < -0.3 is 34.1 Å².